The lowest BCUT2D eigenvalue weighted by molar-refractivity contribution is -0.137. The molecule has 0 bridgehead atoms. The zero-order chi connectivity index (χ0) is 22.8. The largest absolute Gasteiger partial charge is 0.462 e. The predicted octanol–water partition coefficient (Wildman–Crippen LogP) is 2.71. The number of hydrogen-bond acceptors (Lipinski definition) is 5. The summed E-state index contributed by atoms with van der Waals surface area (Å²) in [6.45, 7) is 9.85. The van der Waals surface area contributed by atoms with Gasteiger partial charge in [0.15, 0.2) is 0 Å². The third-order valence-electron chi connectivity index (χ3n) is 6.52. The van der Waals surface area contributed by atoms with Gasteiger partial charge in [-0.2, -0.15) is 4.31 Å². The molecule has 1 atom stereocenters. The molecule has 0 N–H and O–H groups in total. The maximum absolute atomic E-state index is 13.7. The van der Waals surface area contributed by atoms with E-state index in [2.05, 4.69) is 0 Å². The number of nitrogens with zero attached hydrogens (tertiary/aromatic N) is 3. The van der Waals surface area contributed by atoms with E-state index in [1.54, 1.807) is 20.8 Å². The zero-order valence-corrected chi connectivity index (χ0v) is 20.0. The molecule has 0 aliphatic carbocycles. The fourth-order valence-electron chi connectivity index (χ4n) is 4.95. The molecular formula is C22H35N3O5S. The average molecular weight is 454 g/mol. The Morgan fingerprint density at radius 1 is 1.00 bits per heavy atom. The van der Waals surface area contributed by atoms with Crippen molar-refractivity contribution in [1.29, 1.82) is 0 Å². The lowest BCUT2D eigenvalue weighted by Gasteiger charge is -2.35. The summed E-state index contributed by atoms with van der Waals surface area (Å²) >= 11 is 0. The topological polar surface area (TPSA) is 88.9 Å². The molecule has 0 saturated carbocycles. The van der Waals surface area contributed by atoms with E-state index in [1.807, 2.05) is 16.4 Å². The van der Waals surface area contributed by atoms with E-state index in [0.29, 0.717) is 37.3 Å². The molecule has 9 heteroatoms. The van der Waals surface area contributed by atoms with Crippen molar-refractivity contribution in [1.82, 2.24) is 13.8 Å². The van der Waals surface area contributed by atoms with Gasteiger partial charge >= 0.3 is 5.97 Å². The van der Waals surface area contributed by atoms with E-state index >= 15 is 0 Å². The molecule has 1 amide bonds. The first kappa shape index (κ1) is 23.8. The van der Waals surface area contributed by atoms with Crippen molar-refractivity contribution in [3.8, 4) is 0 Å². The number of ether oxygens (including phenoxy) is 1. The molecule has 8 nitrogen and oxygen atoms in total. The fraction of sp³-hybridized carbons (Fsp3) is 0.727. The van der Waals surface area contributed by atoms with E-state index in [4.69, 9.17) is 4.74 Å². The van der Waals surface area contributed by atoms with Crippen LogP contribution in [0.5, 0.6) is 0 Å². The summed E-state index contributed by atoms with van der Waals surface area (Å²) in [5, 5.41) is 0. The van der Waals surface area contributed by atoms with Crippen LogP contribution in [0.4, 0.5) is 0 Å². The van der Waals surface area contributed by atoms with Gasteiger partial charge in [-0.15, -0.1) is 0 Å². The minimum absolute atomic E-state index is 0.0244. The predicted molar refractivity (Wildman–Crippen MR) is 117 cm³/mol. The summed E-state index contributed by atoms with van der Waals surface area (Å²) < 4.78 is 35.9. The monoisotopic (exact) mass is 453 g/mol. The Labute approximate surface area is 185 Å². The van der Waals surface area contributed by atoms with Crippen molar-refractivity contribution in [3.63, 3.8) is 0 Å². The lowest BCUT2D eigenvalue weighted by atomic mass is 9.97. The van der Waals surface area contributed by atoms with Gasteiger partial charge in [0.1, 0.15) is 10.5 Å². The van der Waals surface area contributed by atoms with Gasteiger partial charge in [0, 0.05) is 44.1 Å². The van der Waals surface area contributed by atoms with Gasteiger partial charge in [0.2, 0.25) is 15.9 Å². The summed E-state index contributed by atoms with van der Waals surface area (Å²) in [7, 11) is -3.95. The number of likely N-dealkylation sites (tertiary alicyclic amines) is 1. The molecule has 2 fully saturated rings. The fourth-order valence-corrected chi connectivity index (χ4v) is 6.93. The molecule has 2 saturated heterocycles. The normalized spacial score (nSPS) is 20.6. The molecular weight excluding hydrogens is 418 g/mol. The van der Waals surface area contributed by atoms with Crippen LogP contribution in [0, 0.1) is 19.8 Å². The summed E-state index contributed by atoms with van der Waals surface area (Å²) in [5.41, 5.74) is 1.24. The highest BCUT2D eigenvalue weighted by molar-refractivity contribution is 7.89. The van der Waals surface area contributed by atoms with Crippen LogP contribution >= 0.6 is 0 Å². The van der Waals surface area contributed by atoms with E-state index in [9.17, 15) is 18.0 Å². The standard InChI is InChI=1S/C22H35N3O5S/c1-5-25-16(3)19(22(27)30-6-2)20(17(25)4)31(28,29)24-14-10-11-18(15-24)21(26)23-12-8-7-9-13-23/h18H,5-15H2,1-4H3/t18-/m0/s1. The molecule has 1 aromatic rings. The molecule has 0 radical (unpaired) electrons. The van der Waals surface area contributed by atoms with Gasteiger partial charge in [-0.25, -0.2) is 13.2 Å². The first-order chi connectivity index (χ1) is 14.7. The summed E-state index contributed by atoms with van der Waals surface area (Å²) in [6, 6.07) is 0. The molecule has 31 heavy (non-hydrogen) atoms. The van der Waals surface area contributed by atoms with Crippen LogP contribution in [0.3, 0.4) is 0 Å². The summed E-state index contributed by atoms with van der Waals surface area (Å²) in [5.74, 6) is -0.890. The maximum atomic E-state index is 13.7. The van der Waals surface area contributed by atoms with Crippen molar-refractivity contribution in [2.75, 3.05) is 32.8 Å². The number of esters is 1. The van der Waals surface area contributed by atoms with Gasteiger partial charge < -0.3 is 14.2 Å². The highest BCUT2D eigenvalue weighted by Gasteiger charge is 2.40. The molecule has 1 aromatic heterocycles. The SMILES string of the molecule is CCOC(=O)c1c(S(=O)(=O)N2CCC[C@H](C(=O)N3CCCCC3)C2)c(C)n(CC)c1C. The molecule has 0 spiro atoms. The van der Waals surface area contributed by atoms with E-state index in [-0.39, 0.29) is 35.4 Å². The Morgan fingerprint density at radius 2 is 1.68 bits per heavy atom. The molecule has 0 aromatic carbocycles. The maximum Gasteiger partial charge on any atom is 0.341 e. The minimum atomic E-state index is -3.95. The van der Waals surface area contributed by atoms with Gasteiger partial charge in [-0.05, 0) is 59.8 Å². The van der Waals surface area contributed by atoms with Crippen molar-refractivity contribution < 1.29 is 22.7 Å². The highest BCUT2D eigenvalue weighted by Crippen LogP contribution is 2.33. The molecule has 3 rings (SSSR count). The van der Waals surface area contributed by atoms with E-state index in [0.717, 1.165) is 32.4 Å². The van der Waals surface area contributed by atoms with Crippen LogP contribution < -0.4 is 0 Å². The third kappa shape index (κ3) is 4.53. The number of sulfonamides is 1. The Balaban J connectivity index is 1.93. The van der Waals surface area contributed by atoms with Crippen LogP contribution in [0.25, 0.3) is 0 Å². The van der Waals surface area contributed by atoms with Crippen molar-refractivity contribution in [2.45, 2.75) is 71.2 Å². The Morgan fingerprint density at radius 3 is 2.29 bits per heavy atom. The minimum Gasteiger partial charge on any atom is -0.462 e. The Bertz CT molecular complexity index is 931. The van der Waals surface area contributed by atoms with E-state index in [1.165, 1.54) is 4.31 Å². The smallest absolute Gasteiger partial charge is 0.341 e. The molecule has 0 unspecified atom stereocenters. The van der Waals surface area contributed by atoms with Gasteiger partial charge in [-0.3, -0.25) is 4.79 Å². The number of aromatic nitrogens is 1. The molecule has 174 valence electrons. The average Bonchev–Trinajstić information content (AvgIpc) is 3.04. The molecule has 3 heterocycles. The second-order valence-electron chi connectivity index (χ2n) is 8.43. The first-order valence-electron chi connectivity index (χ1n) is 11.4. The highest BCUT2D eigenvalue weighted by atomic mass is 32.2. The number of hydrogen-bond donors (Lipinski definition) is 0. The van der Waals surface area contributed by atoms with Crippen LogP contribution in [0.15, 0.2) is 4.90 Å². The van der Waals surface area contributed by atoms with Crippen LogP contribution in [0.1, 0.15) is 67.7 Å². The Hall–Kier alpha value is -1.87. The van der Waals surface area contributed by atoms with Crippen molar-refractivity contribution in [2.24, 2.45) is 5.92 Å². The summed E-state index contributed by atoms with van der Waals surface area (Å²) in [4.78, 5) is 27.6. The first-order valence-corrected chi connectivity index (χ1v) is 12.8. The van der Waals surface area contributed by atoms with E-state index < -0.39 is 16.0 Å². The number of carbonyl (C=O) groups excluding carboxylic acids is 2. The Kier molecular flexibility index (Phi) is 7.47. The number of amides is 1. The van der Waals surface area contributed by atoms with Crippen LogP contribution in [0.2, 0.25) is 0 Å². The van der Waals surface area contributed by atoms with Crippen molar-refractivity contribution in [3.05, 3.63) is 17.0 Å². The quantitative estimate of drug-likeness (QED) is 0.618. The van der Waals surface area contributed by atoms with Gasteiger partial charge in [-0.1, -0.05) is 0 Å². The van der Waals surface area contributed by atoms with Crippen molar-refractivity contribution >= 4 is 21.9 Å². The molecule has 2 aliphatic rings. The molecule has 2 aliphatic heterocycles. The van der Waals surface area contributed by atoms with Gasteiger partial charge in [0.05, 0.1) is 12.5 Å². The zero-order valence-electron chi connectivity index (χ0n) is 19.1. The summed E-state index contributed by atoms with van der Waals surface area (Å²) in [6.07, 6.45) is 4.47. The second kappa shape index (κ2) is 9.73. The number of piperidine rings is 2. The van der Waals surface area contributed by atoms with Crippen LogP contribution in [-0.2, 0) is 26.1 Å². The van der Waals surface area contributed by atoms with Gasteiger partial charge in [0.25, 0.3) is 0 Å². The second-order valence-corrected chi connectivity index (χ2v) is 10.3. The lowest BCUT2D eigenvalue weighted by Crippen LogP contribution is -2.48. The van der Waals surface area contributed by atoms with Crippen LogP contribution in [-0.4, -0.2) is 66.9 Å². The number of carbonyl (C=O) groups is 2. The number of rotatable bonds is 6. The third-order valence-corrected chi connectivity index (χ3v) is 8.55.